The summed E-state index contributed by atoms with van der Waals surface area (Å²) in [6.07, 6.45) is 4.94. The predicted octanol–water partition coefficient (Wildman–Crippen LogP) is 0.0766. The number of rotatable bonds is 5. The van der Waals surface area contributed by atoms with Crippen LogP contribution in [-0.2, 0) is 4.79 Å². The molecule has 4 nitrogen and oxygen atoms in total. The van der Waals surface area contributed by atoms with Gasteiger partial charge in [-0.15, -0.1) is 0 Å². The van der Waals surface area contributed by atoms with Crippen molar-refractivity contribution in [2.24, 2.45) is 5.73 Å². The quantitative estimate of drug-likeness (QED) is 0.677. The van der Waals surface area contributed by atoms with E-state index in [1.54, 1.807) is 0 Å². The monoisotopic (exact) mass is 211 g/mol. The van der Waals surface area contributed by atoms with Crippen molar-refractivity contribution in [3.8, 4) is 0 Å². The van der Waals surface area contributed by atoms with E-state index >= 15 is 0 Å². The zero-order chi connectivity index (χ0) is 10.8. The Balaban J connectivity index is 1.90. The van der Waals surface area contributed by atoms with E-state index in [2.05, 4.69) is 10.2 Å². The lowest BCUT2D eigenvalue weighted by Crippen LogP contribution is -2.48. The Kier molecular flexibility index (Phi) is 3.26. The van der Waals surface area contributed by atoms with E-state index in [4.69, 9.17) is 5.73 Å². The third-order valence-corrected chi connectivity index (χ3v) is 3.52. The molecular formula is C11H21N3O. The second-order valence-corrected chi connectivity index (χ2v) is 4.80. The number of primary amides is 1. The fraction of sp³-hybridized carbons (Fsp3) is 0.909. The lowest BCUT2D eigenvalue weighted by molar-refractivity contribution is -0.123. The van der Waals surface area contributed by atoms with Crippen LogP contribution in [0.15, 0.2) is 0 Å². The van der Waals surface area contributed by atoms with Crippen molar-refractivity contribution in [3.63, 3.8) is 0 Å². The van der Waals surface area contributed by atoms with Crippen molar-refractivity contribution in [1.29, 1.82) is 0 Å². The molecule has 2 fully saturated rings. The van der Waals surface area contributed by atoms with Gasteiger partial charge in [0.1, 0.15) is 0 Å². The largest absolute Gasteiger partial charge is 0.368 e. The van der Waals surface area contributed by atoms with Gasteiger partial charge in [0.25, 0.3) is 0 Å². The number of hydrogen-bond donors (Lipinski definition) is 2. The van der Waals surface area contributed by atoms with Gasteiger partial charge < -0.3 is 11.1 Å². The van der Waals surface area contributed by atoms with Crippen molar-refractivity contribution in [2.75, 3.05) is 13.1 Å². The topological polar surface area (TPSA) is 58.4 Å². The van der Waals surface area contributed by atoms with Crippen LogP contribution in [0, 0.1) is 0 Å². The molecule has 0 bridgehead atoms. The van der Waals surface area contributed by atoms with Crippen LogP contribution in [0.25, 0.3) is 0 Å². The van der Waals surface area contributed by atoms with E-state index in [0.29, 0.717) is 12.1 Å². The van der Waals surface area contributed by atoms with E-state index in [1.165, 1.54) is 25.7 Å². The first kappa shape index (κ1) is 10.9. The molecule has 2 aliphatic rings. The van der Waals surface area contributed by atoms with Crippen LogP contribution in [0.2, 0.25) is 0 Å². The van der Waals surface area contributed by atoms with E-state index in [-0.39, 0.29) is 11.9 Å². The van der Waals surface area contributed by atoms with Crippen LogP contribution in [0.5, 0.6) is 0 Å². The molecule has 1 saturated heterocycles. The van der Waals surface area contributed by atoms with Crippen molar-refractivity contribution in [1.82, 2.24) is 10.2 Å². The van der Waals surface area contributed by atoms with E-state index in [1.807, 2.05) is 6.92 Å². The van der Waals surface area contributed by atoms with E-state index < -0.39 is 0 Å². The fourth-order valence-electron chi connectivity index (χ4n) is 2.36. The number of nitrogens with zero attached hydrogens (tertiary/aromatic N) is 1. The second kappa shape index (κ2) is 4.49. The van der Waals surface area contributed by atoms with Gasteiger partial charge in [-0.2, -0.15) is 0 Å². The summed E-state index contributed by atoms with van der Waals surface area (Å²) >= 11 is 0. The number of nitrogens with one attached hydrogen (secondary N) is 1. The summed E-state index contributed by atoms with van der Waals surface area (Å²) in [5.74, 6) is -0.195. The van der Waals surface area contributed by atoms with Gasteiger partial charge in [-0.1, -0.05) is 0 Å². The Hall–Kier alpha value is -0.610. The minimum absolute atomic E-state index is 0.111. The Morgan fingerprint density at radius 3 is 2.73 bits per heavy atom. The van der Waals surface area contributed by atoms with Crippen molar-refractivity contribution in [2.45, 2.75) is 50.7 Å². The van der Waals surface area contributed by atoms with Gasteiger partial charge in [-0.3, -0.25) is 9.69 Å². The Bertz CT molecular complexity index is 234. The standard InChI is InChI=1S/C11H21N3O/c1-8(11(12)15)14(10-4-5-10)7-9-3-2-6-13-9/h8-10,13H,2-7H2,1H3,(H2,12,15). The fourth-order valence-corrected chi connectivity index (χ4v) is 2.36. The molecule has 86 valence electrons. The van der Waals surface area contributed by atoms with Gasteiger partial charge in [0.15, 0.2) is 0 Å². The minimum atomic E-state index is -0.195. The number of carbonyl (C=O) groups is 1. The highest BCUT2D eigenvalue weighted by Crippen LogP contribution is 2.29. The van der Waals surface area contributed by atoms with Crippen LogP contribution < -0.4 is 11.1 Å². The first-order valence-corrected chi connectivity index (χ1v) is 5.97. The Morgan fingerprint density at radius 2 is 2.27 bits per heavy atom. The van der Waals surface area contributed by atoms with Crippen LogP contribution >= 0.6 is 0 Å². The number of amides is 1. The van der Waals surface area contributed by atoms with Crippen molar-refractivity contribution in [3.05, 3.63) is 0 Å². The van der Waals surface area contributed by atoms with E-state index in [0.717, 1.165) is 13.1 Å². The van der Waals surface area contributed by atoms with Crippen molar-refractivity contribution >= 4 is 5.91 Å². The third kappa shape index (κ3) is 2.69. The molecule has 2 unspecified atom stereocenters. The molecule has 1 heterocycles. The second-order valence-electron chi connectivity index (χ2n) is 4.80. The smallest absolute Gasteiger partial charge is 0.234 e. The summed E-state index contributed by atoms with van der Waals surface area (Å²) in [5.41, 5.74) is 5.38. The van der Waals surface area contributed by atoms with Gasteiger partial charge in [0.2, 0.25) is 5.91 Å². The Morgan fingerprint density at radius 1 is 1.53 bits per heavy atom. The number of carbonyl (C=O) groups excluding carboxylic acids is 1. The first-order chi connectivity index (χ1) is 7.18. The summed E-state index contributed by atoms with van der Waals surface area (Å²) in [4.78, 5) is 13.5. The highest BCUT2D eigenvalue weighted by atomic mass is 16.1. The maximum absolute atomic E-state index is 11.2. The molecule has 0 aromatic rings. The molecule has 3 N–H and O–H groups in total. The molecule has 15 heavy (non-hydrogen) atoms. The van der Waals surface area contributed by atoms with Crippen LogP contribution in [0.1, 0.15) is 32.6 Å². The minimum Gasteiger partial charge on any atom is -0.368 e. The molecule has 0 radical (unpaired) electrons. The molecule has 2 rings (SSSR count). The molecule has 2 atom stereocenters. The molecule has 1 saturated carbocycles. The molecule has 1 aliphatic carbocycles. The SMILES string of the molecule is CC(C(N)=O)N(CC1CCCN1)C1CC1. The maximum atomic E-state index is 11.2. The average molecular weight is 211 g/mol. The highest BCUT2D eigenvalue weighted by Gasteiger charge is 2.35. The summed E-state index contributed by atoms with van der Waals surface area (Å²) in [6.45, 7) is 4.03. The summed E-state index contributed by atoms with van der Waals surface area (Å²) in [7, 11) is 0. The van der Waals surface area contributed by atoms with Gasteiger partial charge in [0.05, 0.1) is 6.04 Å². The lowest BCUT2D eigenvalue weighted by Gasteiger charge is -2.29. The first-order valence-electron chi connectivity index (χ1n) is 5.97. The average Bonchev–Trinajstić information content (AvgIpc) is 2.92. The molecule has 0 spiro atoms. The summed E-state index contributed by atoms with van der Waals surface area (Å²) in [6, 6.07) is 1.06. The summed E-state index contributed by atoms with van der Waals surface area (Å²) < 4.78 is 0. The van der Waals surface area contributed by atoms with Gasteiger partial charge in [0, 0.05) is 18.6 Å². The van der Waals surface area contributed by atoms with Gasteiger partial charge in [-0.05, 0) is 39.2 Å². The summed E-state index contributed by atoms with van der Waals surface area (Å²) in [5, 5.41) is 3.47. The normalized spacial score (nSPS) is 28.3. The molecule has 4 heteroatoms. The third-order valence-electron chi connectivity index (χ3n) is 3.52. The molecule has 1 aliphatic heterocycles. The molecule has 0 aromatic carbocycles. The van der Waals surface area contributed by atoms with Crippen molar-refractivity contribution < 1.29 is 4.79 Å². The number of nitrogens with two attached hydrogens (primary N) is 1. The molecule has 1 amide bonds. The van der Waals surface area contributed by atoms with Gasteiger partial charge in [-0.25, -0.2) is 0 Å². The molecule has 0 aromatic heterocycles. The van der Waals surface area contributed by atoms with Crippen LogP contribution in [0.4, 0.5) is 0 Å². The zero-order valence-electron chi connectivity index (χ0n) is 9.41. The zero-order valence-corrected chi connectivity index (χ0v) is 9.41. The maximum Gasteiger partial charge on any atom is 0.234 e. The van der Waals surface area contributed by atoms with Crippen LogP contribution in [0.3, 0.4) is 0 Å². The predicted molar refractivity (Wildman–Crippen MR) is 59.4 cm³/mol. The lowest BCUT2D eigenvalue weighted by atomic mass is 10.1. The highest BCUT2D eigenvalue weighted by molar-refractivity contribution is 5.79. The van der Waals surface area contributed by atoms with Crippen LogP contribution in [-0.4, -0.2) is 42.0 Å². The van der Waals surface area contributed by atoms with E-state index in [9.17, 15) is 4.79 Å². The van der Waals surface area contributed by atoms with Gasteiger partial charge >= 0.3 is 0 Å². The number of hydrogen-bond acceptors (Lipinski definition) is 3. The Labute approximate surface area is 91.2 Å². The molecular weight excluding hydrogens is 190 g/mol.